The molecule has 212 valence electrons. The van der Waals surface area contributed by atoms with Crippen LogP contribution >= 0.6 is 23.2 Å². The average molecular weight is 618 g/mol. The van der Waals surface area contributed by atoms with Gasteiger partial charge in [-0.2, -0.15) is 9.78 Å². The lowest BCUT2D eigenvalue weighted by molar-refractivity contribution is -0.137. The van der Waals surface area contributed by atoms with Gasteiger partial charge in [-0.05, 0) is 37.1 Å². The number of H-pyrrole nitrogens is 1. The van der Waals surface area contributed by atoms with Crippen LogP contribution in [0.25, 0.3) is 5.69 Å². The SMILES string of the molecule is O=C(C1CC1)N1CC(NS(=O)(=O)c2cc(Oc3c(Cl)cc(-n4nc(C(F)F)c(=O)[nH]c4=O)cc3Cl)ccc2O)C1. The van der Waals surface area contributed by atoms with Crippen LogP contribution in [0.2, 0.25) is 10.0 Å². The van der Waals surface area contributed by atoms with Gasteiger partial charge in [0.2, 0.25) is 15.9 Å². The maximum atomic E-state index is 13.1. The molecule has 17 heteroatoms. The predicted molar refractivity (Wildman–Crippen MR) is 137 cm³/mol. The highest BCUT2D eigenvalue weighted by Crippen LogP contribution is 2.39. The van der Waals surface area contributed by atoms with Gasteiger partial charge >= 0.3 is 5.69 Å². The van der Waals surface area contributed by atoms with Gasteiger partial charge in [-0.1, -0.05) is 23.2 Å². The highest BCUT2D eigenvalue weighted by molar-refractivity contribution is 7.89. The molecule has 2 aliphatic rings. The van der Waals surface area contributed by atoms with E-state index in [1.165, 1.54) is 6.07 Å². The highest BCUT2D eigenvalue weighted by Gasteiger charge is 2.40. The van der Waals surface area contributed by atoms with Crippen molar-refractivity contribution in [3.63, 3.8) is 0 Å². The summed E-state index contributed by atoms with van der Waals surface area (Å²) < 4.78 is 60.7. The number of aromatic hydroxyl groups is 1. The summed E-state index contributed by atoms with van der Waals surface area (Å²) >= 11 is 12.5. The Kier molecular flexibility index (Phi) is 7.33. The van der Waals surface area contributed by atoms with E-state index in [0.717, 1.165) is 37.1 Å². The fourth-order valence-electron chi connectivity index (χ4n) is 3.99. The maximum Gasteiger partial charge on any atom is 0.349 e. The molecule has 1 saturated carbocycles. The summed E-state index contributed by atoms with van der Waals surface area (Å²) in [5.41, 5.74) is -3.83. The molecule has 3 N–H and O–H groups in total. The van der Waals surface area contributed by atoms with Crippen molar-refractivity contribution in [3.8, 4) is 22.9 Å². The van der Waals surface area contributed by atoms with E-state index in [9.17, 15) is 36.7 Å². The van der Waals surface area contributed by atoms with Crippen molar-refractivity contribution in [2.24, 2.45) is 5.92 Å². The minimum Gasteiger partial charge on any atom is -0.507 e. The zero-order valence-electron chi connectivity index (χ0n) is 20.1. The van der Waals surface area contributed by atoms with Crippen LogP contribution in [0.1, 0.15) is 25.0 Å². The number of carbonyl (C=O) groups is 1. The third-order valence-electron chi connectivity index (χ3n) is 6.17. The summed E-state index contributed by atoms with van der Waals surface area (Å²) in [6.07, 6.45) is -1.58. The highest BCUT2D eigenvalue weighted by atomic mass is 35.5. The summed E-state index contributed by atoms with van der Waals surface area (Å²) in [6.45, 7) is 0.435. The van der Waals surface area contributed by atoms with Crippen molar-refractivity contribution >= 4 is 39.1 Å². The number of aromatic amines is 1. The molecular formula is C23H19Cl2F2N5O7S. The van der Waals surface area contributed by atoms with E-state index in [4.69, 9.17) is 27.9 Å². The van der Waals surface area contributed by atoms with Gasteiger partial charge in [-0.25, -0.2) is 26.7 Å². The Labute approximate surface area is 234 Å². The molecule has 0 radical (unpaired) electrons. The number of nitrogens with one attached hydrogen (secondary N) is 2. The Bertz CT molecular complexity index is 1720. The first-order valence-electron chi connectivity index (χ1n) is 11.7. The summed E-state index contributed by atoms with van der Waals surface area (Å²) in [4.78, 5) is 38.6. The second kappa shape index (κ2) is 10.5. The van der Waals surface area contributed by atoms with Crippen molar-refractivity contribution in [2.75, 3.05) is 13.1 Å². The lowest BCUT2D eigenvalue weighted by atomic mass is 10.1. The summed E-state index contributed by atoms with van der Waals surface area (Å²) in [5.74, 6) is -0.811. The van der Waals surface area contributed by atoms with Gasteiger partial charge in [0, 0.05) is 25.1 Å². The van der Waals surface area contributed by atoms with Crippen LogP contribution in [0, 0.1) is 5.92 Å². The monoisotopic (exact) mass is 617 g/mol. The molecule has 1 saturated heterocycles. The molecule has 2 aromatic carbocycles. The van der Waals surface area contributed by atoms with Crippen molar-refractivity contribution in [2.45, 2.75) is 30.2 Å². The Morgan fingerprint density at radius 2 is 1.80 bits per heavy atom. The topological polar surface area (TPSA) is 164 Å². The quantitative estimate of drug-likeness (QED) is 0.347. The Balaban J connectivity index is 1.36. The second-order valence-electron chi connectivity index (χ2n) is 9.16. The molecule has 1 aliphatic heterocycles. The summed E-state index contributed by atoms with van der Waals surface area (Å²) in [6, 6.07) is 5.05. The number of nitrogens with zero attached hydrogens (tertiary/aromatic N) is 3. The fraction of sp³-hybridized carbons (Fsp3) is 0.304. The van der Waals surface area contributed by atoms with E-state index in [-0.39, 0.29) is 52.1 Å². The van der Waals surface area contributed by atoms with E-state index in [1.54, 1.807) is 9.88 Å². The van der Waals surface area contributed by atoms with Crippen LogP contribution in [0.5, 0.6) is 17.2 Å². The van der Waals surface area contributed by atoms with Crippen molar-refractivity contribution in [1.82, 2.24) is 24.4 Å². The van der Waals surface area contributed by atoms with Crippen LogP contribution in [0.3, 0.4) is 0 Å². The van der Waals surface area contributed by atoms with E-state index in [2.05, 4.69) is 9.82 Å². The van der Waals surface area contributed by atoms with Crippen LogP contribution in [-0.4, -0.2) is 58.2 Å². The van der Waals surface area contributed by atoms with E-state index in [1.807, 2.05) is 0 Å². The molecule has 0 spiro atoms. The number of likely N-dealkylation sites (tertiary alicyclic amines) is 1. The molecule has 1 aromatic heterocycles. The zero-order valence-corrected chi connectivity index (χ0v) is 22.4. The average Bonchev–Trinajstić information content (AvgIpc) is 3.69. The molecule has 0 atom stereocenters. The van der Waals surface area contributed by atoms with E-state index < -0.39 is 50.1 Å². The first kappa shape index (κ1) is 28.0. The van der Waals surface area contributed by atoms with Crippen molar-refractivity contribution in [3.05, 3.63) is 66.9 Å². The van der Waals surface area contributed by atoms with Gasteiger partial charge in [-0.3, -0.25) is 14.6 Å². The van der Waals surface area contributed by atoms with Gasteiger partial charge in [0.05, 0.1) is 21.8 Å². The second-order valence-corrected chi connectivity index (χ2v) is 11.7. The molecule has 3 aromatic rings. The van der Waals surface area contributed by atoms with Crippen LogP contribution < -0.4 is 20.7 Å². The fourth-order valence-corrected chi connectivity index (χ4v) is 5.87. The molecule has 1 amide bonds. The number of amides is 1. The van der Waals surface area contributed by atoms with Gasteiger partial charge in [0.15, 0.2) is 11.4 Å². The molecule has 1 aliphatic carbocycles. The molecule has 0 bridgehead atoms. The van der Waals surface area contributed by atoms with Crippen LogP contribution in [0.4, 0.5) is 8.78 Å². The number of ether oxygens (including phenoxy) is 1. The smallest absolute Gasteiger partial charge is 0.349 e. The van der Waals surface area contributed by atoms with Gasteiger partial charge in [0.25, 0.3) is 12.0 Å². The lowest BCUT2D eigenvalue weighted by Gasteiger charge is -2.39. The third kappa shape index (κ3) is 5.54. The number of rotatable bonds is 8. The standard InChI is InChI=1S/C23H19Cl2F2N5O7S/c24-14-5-12(32-23(36)28-21(34)18(29-32)20(26)27)6-15(25)19(14)39-13-3-4-16(33)17(7-13)40(37,38)30-11-8-31(9-11)22(35)10-1-2-10/h3-7,10-11,20,30,33H,1-2,8-9H2,(H,28,34,36). The summed E-state index contributed by atoms with van der Waals surface area (Å²) in [5, 5.41) is 13.2. The number of alkyl halides is 2. The van der Waals surface area contributed by atoms with Gasteiger partial charge in [-0.15, -0.1) is 0 Å². The van der Waals surface area contributed by atoms with Crippen molar-refractivity contribution < 1.29 is 31.8 Å². The Morgan fingerprint density at radius 3 is 2.40 bits per heavy atom. The molecule has 2 heterocycles. The molecule has 0 unspecified atom stereocenters. The number of halogens is 4. The molecular weight excluding hydrogens is 599 g/mol. The van der Waals surface area contributed by atoms with Crippen LogP contribution in [0.15, 0.2) is 44.8 Å². The molecule has 40 heavy (non-hydrogen) atoms. The van der Waals surface area contributed by atoms with Crippen LogP contribution in [-0.2, 0) is 14.8 Å². The Morgan fingerprint density at radius 1 is 1.15 bits per heavy atom. The van der Waals surface area contributed by atoms with Gasteiger partial charge < -0.3 is 14.7 Å². The van der Waals surface area contributed by atoms with Gasteiger partial charge in [0.1, 0.15) is 16.4 Å². The predicted octanol–water partition coefficient (Wildman–Crippen LogP) is 2.56. The number of carbonyl (C=O) groups excluding carboxylic acids is 1. The maximum absolute atomic E-state index is 13.1. The number of sulfonamides is 1. The Hall–Kier alpha value is -3.53. The number of phenolic OH excluding ortho intramolecular Hbond substituents is 1. The minimum atomic E-state index is -4.22. The molecule has 2 fully saturated rings. The van der Waals surface area contributed by atoms with E-state index in [0.29, 0.717) is 4.68 Å². The number of phenols is 1. The van der Waals surface area contributed by atoms with Crippen molar-refractivity contribution in [1.29, 1.82) is 0 Å². The first-order valence-corrected chi connectivity index (χ1v) is 13.9. The number of hydrogen-bond donors (Lipinski definition) is 3. The largest absolute Gasteiger partial charge is 0.507 e. The normalized spacial score (nSPS) is 15.8. The number of hydrogen-bond acceptors (Lipinski definition) is 8. The molecule has 12 nitrogen and oxygen atoms in total. The lowest BCUT2D eigenvalue weighted by Crippen LogP contribution is -2.61. The van der Waals surface area contributed by atoms with E-state index >= 15 is 0 Å². The molecule has 5 rings (SSSR count). The summed E-state index contributed by atoms with van der Waals surface area (Å²) in [7, 11) is -4.22. The number of benzene rings is 2. The number of aromatic nitrogens is 3. The minimum absolute atomic E-state index is 0.00383. The first-order chi connectivity index (χ1) is 18.8. The zero-order chi connectivity index (χ0) is 28.9. The third-order valence-corrected chi connectivity index (χ3v) is 8.28.